The van der Waals surface area contributed by atoms with Crippen LogP contribution in [0.5, 0.6) is 0 Å². The molecule has 3 nitrogen and oxygen atoms in total. The van der Waals surface area contributed by atoms with Gasteiger partial charge in [0.1, 0.15) is 0 Å². The number of benzene rings is 2. The molecule has 1 fully saturated rings. The van der Waals surface area contributed by atoms with Crippen LogP contribution in [0, 0.1) is 6.92 Å². The van der Waals surface area contributed by atoms with Gasteiger partial charge in [0.2, 0.25) is 0 Å². The molecule has 1 saturated carbocycles. The molecule has 0 saturated heterocycles. The highest BCUT2D eigenvalue weighted by molar-refractivity contribution is 7.99. The van der Waals surface area contributed by atoms with E-state index in [1.807, 2.05) is 28.8 Å². The van der Waals surface area contributed by atoms with E-state index in [2.05, 4.69) is 43.8 Å². The molecular weight excluding hydrogens is 400 g/mol. The van der Waals surface area contributed by atoms with Gasteiger partial charge < -0.3 is 0 Å². The van der Waals surface area contributed by atoms with Crippen molar-refractivity contribution < 1.29 is 0 Å². The van der Waals surface area contributed by atoms with Gasteiger partial charge in [0.25, 0.3) is 5.56 Å². The summed E-state index contributed by atoms with van der Waals surface area (Å²) in [4.78, 5) is 19.5. The van der Waals surface area contributed by atoms with Crippen molar-refractivity contribution in [2.75, 3.05) is 5.75 Å². The minimum Gasteiger partial charge on any atom is -0.268 e. The topological polar surface area (TPSA) is 34.9 Å². The fourth-order valence-corrected chi connectivity index (χ4v) is 6.18. The number of hydrogen-bond donors (Lipinski definition) is 0. The summed E-state index contributed by atoms with van der Waals surface area (Å²) in [7, 11) is 0. The van der Waals surface area contributed by atoms with Crippen LogP contribution in [-0.2, 0) is 11.8 Å². The van der Waals surface area contributed by atoms with Crippen molar-refractivity contribution >= 4 is 11.8 Å². The molecule has 0 atom stereocenters. The summed E-state index contributed by atoms with van der Waals surface area (Å²) < 4.78 is 1.87. The van der Waals surface area contributed by atoms with Crippen molar-refractivity contribution in [3.63, 3.8) is 0 Å². The molecule has 2 aromatic carbocycles. The highest BCUT2D eigenvalue weighted by atomic mass is 32.2. The lowest BCUT2D eigenvalue weighted by Crippen LogP contribution is -2.43. The van der Waals surface area contributed by atoms with Gasteiger partial charge in [0, 0.05) is 16.7 Å². The number of aromatic nitrogens is 2. The van der Waals surface area contributed by atoms with Crippen LogP contribution < -0.4 is 5.56 Å². The largest absolute Gasteiger partial charge is 0.268 e. The molecule has 1 heterocycles. The Hall–Kier alpha value is -2.59. The van der Waals surface area contributed by atoms with Crippen molar-refractivity contribution in [3.05, 3.63) is 88.2 Å². The van der Waals surface area contributed by atoms with Gasteiger partial charge >= 0.3 is 0 Å². The Labute approximate surface area is 188 Å². The fraction of sp³-hybridized carbons (Fsp3) is 0.333. The van der Waals surface area contributed by atoms with E-state index in [0.29, 0.717) is 5.75 Å². The van der Waals surface area contributed by atoms with E-state index < -0.39 is 0 Å². The zero-order valence-electron chi connectivity index (χ0n) is 18.1. The average Bonchev–Trinajstić information content (AvgIpc) is 2.79. The molecule has 31 heavy (non-hydrogen) atoms. The summed E-state index contributed by atoms with van der Waals surface area (Å²) >= 11 is 1.58. The standard InChI is InChI=1S/C27H28N2OS/c1-3-17-31-26-28-24-21-13-7-6-12-20(21)18-27(15-9-4-10-16-27)23(24)25(30)29(26)22-14-8-5-11-19(22)2/h3,5-8,11-14H,1,4,9-10,15-18H2,2H3. The first kappa shape index (κ1) is 20.3. The van der Waals surface area contributed by atoms with Crippen LogP contribution in [0.4, 0.5) is 0 Å². The van der Waals surface area contributed by atoms with E-state index in [1.54, 1.807) is 11.8 Å². The molecule has 1 aromatic heterocycles. The minimum absolute atomic E-state index is 0.0991. The van der Waals surface area contributed by atoms with E-state index in [1.165, 1.54) is 24.8 Å². The van der Waals surface area contributed by atoms with E-state index in [-0.39, 0.29) is 11.0 Å². The third kappa shape index (κ3) is 3.38. The number of hydrogen-bond acceptors (Lipinski definition) is 3. The lowest BCUT2D eigenvalue weighted by molar-refractivity contribution is 0.283. The van der Waals surface area contributed by atoms with Gasteiger partial charge in [-0.1, -0.05) is 79.6 Å². The van der Waals surface area contributed by atoms with Gasteiger partial charge in [-0.2, -0.15) is 0 Å². The number of para-hydroxylation sites is 1. The van der Waals surface area contributed by atoms with Crippen LogP contribution in [0.1, 0.15) is 48.8 Å². The van der Waals surface area contributed by atoms with Gasteiger partial charge in [-0.25, -0.2) is 4.98 Å². The molecule has 0 bridgehead atoms. The third-order valence-corrected chi connectivity index (χ3v) is 7.82. The summed E-state index contributed by atoms with van der Waals surface area (Å²) in [6.07, 6.45) is 8.56. The highest BCUT2D eigenvalue weighted by Gasteiger charge is 2.43. The first-order chi connectivity index (χ1) is 15.1. The number of rotatable bonds is 4. The Morgan fingerprint density at radius 2 is 1.84 bits per heavy atom. The average molecular weight is 429 g/mol. The SMILES string of the molecule is C=CCSc1nc2c(c(=O)n1-c1ccccc1C)C1(CCCCC1)Cc1ccccc1-2. The Morgan fingerprint density at radius 1 is 1.10 bits per heavy atom. The van der Waals surface area contributed by atoms with Crippen LogP contribution in [0.15, 0.2) is 71.1 Å². The maximum Gasteiger partial charge on any atom is 0.263 e. The Kier molecular flexibility index (Phi) is 5.35. The number of aryl methyl sites for hydroxylation is 1. The number of fused-ring (bicyclic) bond motifs is 4. The van der Waals surface area contributed by atoms with Gasteiger partial charge in [0.05, 0.1) is 16.9 Å². The minimum atomic E-state index is -0.0991. The van der Waals surface area contributed by atoms with Crippen LogP contribution in [0.2, 0.25) is 0 Å². The summed E-state index contributed by atoms with van der Waals surface area (Å²) in [5.74, 6) is 0.712. The van der Waals surface area contributed by atoms with Gasteiger partial charge in [0.15, 0.2) is 5.16 Å². The molecule has 2 aliphatic rings. The molecule has 2 aliphatic carbocycles. The van der Waals surface area contributed by atoms with Crippen LogP contribution in [-0.4, -0.2) is 15.3 Å². The van der Waals surface area contributed by atoms with Crippen molar-refractivity contribution in [1.29, 1.82) is 0 Å². The second kappa shape index (κ2) is 8.16. The molecular formula is C27H28N2OS. The Bertz CT molecular complexity index is 1200. The molecule has 0 aliphatic heterocycles. The second-order valence-corrected chi connectivity index (χ2v) is 9.81. The smallest absolute Gasteiger partial charge is 0.263 e. The zero-order chi connectivity index (χ0) is 21.4. The molecule has 158 valence electrons. The van der Waals surface area contributed by atoms with E-state index in [9.17, 15) is 4.79 Å². The third-order valence-electron chi connectivity index (χ3n) is 6.88. The summed E-state index contributed by atoms with van der Waals surface area (Å²) in [6, 6.07) is 16.7. The van der Waals surface area contributed by atoms with E-state index >= 15 is 0 Å². The molecule has 0 amide bonds. The number of thioether (sulfide) groups is 1. The monoisotopic (exact) mass is 428 g/mol. The summed E-state index contributed by atoms with van der Waals surface area (Å²) in [5.41, 5.74) is 6.34. The van der Waals surface area contributed by atoms with Gasteiger partial charge in [-0.05, 0) is 43.4 Å². The molecule has 1 spiro atoms. The summed E-state index contributed by atoms with van der Waals surface area (Å²) in [5, 5.41) is 0.751. The molecule has 5 rings (SSSR count). The highest BCUT2D eigenvalue weighted by Crippen LogP contribution is 2.49. The van der Waals surface area contributed by atoms with Crippen LogP contribution in [0.25, 0.3) is 16.9 Å². The Balaban J connectivity index is 1.85. The predicted molar refractivity (Wildman–Crippen MR) is 129 cm³/mol. The number of nitrogens with zero attached hydrogens (tertiary/aromatic N) is 2. The zero-order valence-corrected chi connectivity index (χ0v) is 18.9. The van der Waals surface area contributed by atoms with Gasteiger partial charge in [-0.15, -0.1) is 6.58 Å². The molecule has 0 N–H and O–H groups in total. The quantitative estimate of drug-likeness (QED) is 0.280. The maximum absolute atomic E-state index is 14.3. The fourth-order valence-electron chi connectivity index (χ4n) is 5.45. The first-order valence-electron chi connectivity index (χ1n) is 11.2. The Morgan fingerprint density at radius 3 is 2.61 bits per heavy atom. The van der Waals surface area contributed by atoms with Crippen LogP contribution >= 0.6 is 11.8 Å². The maximum atomic E-state index is 14.3. The molecule has 0 radical (unpaired) electrons. The molecule has 3 aromatic rings. The molecule has 0 unspecified atom stereocenters. The summed E-state index contributed by atoms with van der Waals surface area (Å²) in [6.45, 7) is 5.94. The van der Waals surface area contributed by atoms with Crippen molar-refractivity contribution in [2.45, 2.75) is 56.0 Å². The van der Waals surface area contributed by atoms with E-state index in [0.717, 1.165) is 52.5 Å². The first-order valence-corrected chi connectivity index (χ1v) is 12.2. The lowest BCUT2D eigenvalue weighted by Gasteiger charge is -2.42. The van der Waals surface area contributed by atoms with Crippen molar-refractivity contribution in [2.24, 2.45) is 0 Å². The molecule has 4 heteroatoms. The van der Waals surface area contributed by atoms with Crippen LogP contribution in [0.3, 0.4) is 0 Å². The normalized spacial score (nSPS) is 16.5. The van der Waals surface area contributed by atoms with Crippen molar-refractivity contribution in [1.82, 2.24) is 9.55 Å². The van der Waals surface area contributed by atoms with Gasteiger partial charge in [-0.3, -0.25) is 9.36 Å². The second-order valence-electron chi connectivity index (χ2n) is 8.82. The lowest BCUT2D eigenvalue weighted by atomic mass is 9.62. The van der Waals surface area contributed by atoms with E-state index in [4.69, 9.17) is 4.98 Å². The van der Waals surface area contributed by atoms with Crippen molar-refractivity contribution in [3.8, 4) is 16.9 Å². The predicted octanol–water partition coefficient (Wildman–Crippen LogP) is 6.24.